The molecular weight excluding hydrogens is 479 g/mol. The normalized spacial score (nSPS) is 11.1. The van der Waals surface area contributed by atoms with E-state index in [1.54, 1.807) is 31.2 Å². The van der Waals surface area contributed by atoms with Gasteiger partial charge < -0.3 is 8.92 Å². The molecule has 0 saturated carbocycles. The summed E-state index contributed by atoms with van der Waals surface area (Å²) in [6.45, 7) is 9.41. The monoisotopic (exact) mass is 500 g/mol. The first-order valence-electron chi connectivity index (χ1n) is 8.29. The van der Waals surface area contributed by atoms with Crippen LogP contribution in [0.5, 0.6) is 5.75 Å². The Kier molecular flexibility index (Phi) is 7.05. The van der Waals surface area contributed by atoms with Crippen molar-refractivity contribution in [1.82, 2.24) is 0 Å². The van der Waals surface area contributed by atoms with E-state index in [2.05, 4.69) is 29.2 Å². The average molecular weight is 500 g/mol. The summed E-state index contributed by atoms with van der Waals surface area (Å²) in [6.07, 6.45) is 0.377. The molecule has 0 atom stereocenters. The quantitative estimate of drug-likeness (QED) is 0.239. The van der Waals surface area contributed by atoms with Gasteiger partial charge in [-0.05, 0) is 74.0 Å². The number of rotatable bonds is 7. The summed E-state index contributed by atoms with van der Waals surface area (Å²) >= 11 is 2.07. The van der Waals surface area contributed by atoms with Gasteiger partial charge in [0.1, 0.15) is 10.5 Å². The van der Waals surface area contributed by atoms with Crippen molar-refractivity contribution < 1.29 is 22.1 Å². The lowest BCUT2D eigenvalue weighted by Gasteiger charge is -2.16. The van der Waals surface area contributed by atoms with E-state index < -0.39 is 16.1 Å². The minimum atomic E-state index is -4.11. The molecule has 0 aliphatic rings. The molecule has 2 aromatic rings. The zero-order valence-electron chi connectivity index (χ0n) is 15.4. The fraction of sp³-hybridized carbons (Fsp3) is 0.250. The van der Waals surface area contributed by atoms with Gasteiger partial charge in [-0.15, -0.1) is 0 Å². The van der Waals surface area contributed by atoms with Crippen molar-refractivity contribution in [3.05, 3.63) is 68.8 Å². The van der Waals surface area contributed by atoms with Crippen LogP contribution in [0.15, 0.2) is 53.4 Å². The molecular formula is C20H21IO5S. The smallest absolute Gasteiger partial charge is 0.342 e. The van der Waals surface area contributed by atoms with E-state index in [-0.39, 0.29) is 22.8 Å². The first kappa shape index (κ1) is 21.4. The highest BCUT2D eigenvalue weighted by molar-refractivity contribution is 14.1. The summed E-state index contributed by atoms with van der Waals surface area (Å²) in [5.41, 5.74) is 2.38. The van der Waals surface area contributed by atoms with Crippen LogP contribution in [0.2, 0.25) is 0 Å². The fourth-order valence-corrected chi connectivity index (χ4v) is 4.10. The van der Waals surface area contributed by atoms with Crippen molar-refractivity contribution in [1.29, 1.82) is 0 Å². The van der Waals surface area contributed by atoms with Crippen LogP contribution in [0.1, 0.15) is 35.3 Å². The third-order valence-corrected chi connectivity index (χ3v) is 5.48. The van der Waals surface area contributed by atoms with Crippen LogP contribution in [0, 0.1) is 10.5 Å². The highest BCUT2D eigenvalue weighted by Gasteiger charge is 2.25. The number of carbonyl (C=O) groups excluding carboxylic acids is 1. The minimum absolute atomic E-state index is 0.0163. The molecule has 0 spiro atoms. The minimum Gasteiger partial charge on any atom is -0.462 e. The van der Waals surface area contributed by atoms with Gasteiger partial charge in [-0.1, -0.05) is 29.8 Å². The van der Waals surface area contributed by atoms with Gasteiger partial charge in [0.15, 0.2) is 5.75 Å². The number of benzene rings is 2. The Bertz CT molecular complexity index is 963. The van der Waals surface area contributed by atoms with Gasteiger partial charge in [0, 0.05) is 9.13 Å². The lowest BCUT2D eigenvalue weighted by Crippen LogP contribution is -2.16. The van der Waals surface area contributed by atoms with Gasteiger partial charge in [0.05, 0.1) is 6.61 Å². The van der Waals surface area contributed by atoms with E-state index in [4.69, 9.17) is 8.92 Å². The molecule has 0 fully saturated rings. The molecule has 0 aromatic heterocycles. The summed E-state index contributed by atoms with van der Waals surface area (Å²) in [5, 5.41) is 0. The molecule has 0 saturated heterocycles. The molecule has 0 bridgehead atoms. The van der Waals surface area contributed by atoms with Crippen molar-refractivity contribution in [3.8, 4) is 5.75 Å². The molecule has 0 aliphatic heterocycles. The predicted molar refractivity (Wildman–Crippen MR) is 113 cm³/mol. The Morgan fingerprint density at radius 3 is 2.37 bits per heavy atom. The zero-order valence-corrected chi connectivity index (χ0v) is 18.4. The van der Waals surface area contributed by atoms with Crippen LogP contribution in [0.4, 0.5) is 0 Å². The molecule has 5 nitrogen and oxygen atoms in total. The Hall–Kier alpha value is -1.87. The van der Waals surface area contributed by atoms with Crippen LogP contribution < -0.4 is 4.18 Å². The molecule has 0 amide bonds. The third kappa shape index (κ3) is 5.55. The van der Waals surface area contributed by atoms with E-state index in [0.717, 1.165) is 14.7 Å². The Morgan fingerprint density at radius 1 is 1.19 bits per heavy atom. The maximum absolute atomic E-state index is 12.8. The summed E-state index contributed by atoms with van der Waals surface area (Å²) in [6, 6.07) is 9.65. The Morgan fingerprint density at radius 2 is 1.81 bits per heavy atom. The topological polar surface area (TPSA) is 69.7 Å². The molecule has 0 N–H and O–H groups in total. The number of carbonyl (C=O) groups is 1. The lowest BCUT2D eigenvalue weighted by atomic mass is 10.0. The highest BCUT2D eigenvalue weighted by atomic mass is 127. The maximum atomic E-state index is 12.8. The van der Waals surface area contributed by atoms with Crippen LogP contribution in [0.3, 0.4) is 0 Å². The summed E-state index contributed by atoms with van der Waals surface area (Å²) < 4.78 is 36.8. The largest absolute Gasteiger partial charge is 0.462 e. The first-order chi connectivity index (χ1) is 12.6. The SMILES string of the molecule is C=C(C)Cc1cc(I)cc(C(=O)OCC)c1OS(=O)(=O)c1ccc(C)cc1. The van der Waals surface area contributed by atoms with Crippen molar-refractivity contribution in [2.75, 3.05) is 6.61 Å². The second-order valence-corrected chi connectivity index (χ2v) is 8.94. The number of ether oxygens (including phenoxy) is 1. The van der Waals surface area contributed by atoms with E-state index in [1.807, 2.05) is 13.8 Å². The Balaban J connectivity index is 2.59. The van der Waals surface area contributed by atoms with E-state index in [9.17, 15) is 13.2 Å². The van der Waals surface area contributed by atoms with E-state index in [1.165, 1.54) is 12.1 Å². The second-order valence-electron chi connectivity index (χ2n) is 6.15. The molecule has 144 valence electrons. The molecule has 0 heterocycles. The highest BCUT2D eigenvalue weighted by Crippen LogP contribution is 2.32. The molecule has 2 aromatic carbocycles. The van der Waals surface area contributed by atoms with Crippen molar-refractivity contribution in [2.24, 2.45) is 0 Å². The first-order valence-corrected chi connectivity index (χ1v) is 10.8. The number of allylic oxidation sites excluding steroid dienone is 1. The van der Waals surface area contributed by atoms with Crippen LogP contribution in [-0.2, 0) is 21.3 Å². The van der Waals surface area contributed by atoms with Crippen LogP contribution in [0.25, 0.3) is 0 Å². The van der Waals surface area contributed by atoms with Crippen molar-refractivity contribution >= 4 is 38.7 Å². The molecule has 0 aliphatic carbocycles. The fourth-order valence-electron chi connectivity index (χ4n) is 2.43. The Labute approximate surface area is 173 Å². The number of hydrogen-bond acceptors (Lipinski definition) is 5. The molecule has 2 rings (SSSR count). The van der Waals surface area contributed by atoms with Gasteiger partial charge in [-0.2, -0.15) is 8.42 Å². The average Bonchev–Trinajstić information content (AvgIpc) is 2.57. The van der Waals surface area contributed by atoms with Gasteiger partial charge in [0.2, 0.25) is 0 Å². The van der Waals surface area contributed by atoms with Crippen molar-refractivity contribution in [3.63, 3.8) is 0 Å². The number of hydrogen-bond donors (Lipinski definition) is 0. The van der Waals surface area contributed by atoms with E-state index >= 15 is 0 Å². The van der Waals surface area contributed by atoms with Crippen LogP contribution >= 0.6 is 22.6 Å². The molecule has 27 heavy (non-hydrogen) atoms. The van der Waals surface area contributed by atoms with Gasteiger partial charge >= 0.3 is 16.1 Å². The second kappa shape index (κ2) is 8.88. The summed E-state index contributed by atoms with van der Waals surface area (Å²) in [4.78, 5) is 12.4. The van der Waals surface area contributed by atoms with E-state index in [0.29, 0.717) is 12.0 Å². The number of halogens is 1. The molecule has 0 radical (unpaired) electrons. The van der Waals surface area contributed by atoms with Gasteiger partial charge in [0.25, 0.3) is 0 Å². The standard InChI is InChI=1S/C20H21IO5S/c1-5-25-20(22)18-12-16(21)11-15(10-13(2)3)19(18)26-27(23,24)17-8-6-14(4)7-9-17/h6-9,11-12H,2,5,10H2,1,3-4H3. The van der Waals surface area contributed by atoms with Crippen LogP contribution in [-0.4, -0.2) is 21.0 Å². The third-order valence-electron chi connectivity index (χ3n) is 3.62. The number of esters is 1. The molecule has 0 unspecified atom stereocenters. The lowest BCUT2D eigenvalue weighted by molar-refractivity contribution is 0.0524. The molecule has 7 heteroatoms. The zero-order chi connectivity index (χ0) is 20.2. The predicted octanol–water partition coefficient (Wildman–Crippen LogP) is 4.66. The summed E-state index contributed by atoms with van der Waals surface area (Å²) in [5.74, 6) is -0.648. The van der Waals surface area contributed by atoms with Crippen molar-refractivity contribution in [2.45, 2.75) is 32.1 Å². The maximum Gasteiger partial charge on any atom is 0.342 e. The van der Waals surface area contributed by atoms with Gasteiger partial charge in [-0.25, -0.2) is 4.79 Å². The van der Waals surface area contributed by atoms with Gasteiger partial charge in [-0.3, -0.25) is 0 Å². The number of aryl methyl sites for hydroxylation is 1. The summed E-state index contributed by atoms with van der Waals surface area (Å²) in [7, 11) is -4.11.